The number of aromatic amines is 1. The van der Waals surface area contributed by atoms with E-state index in [0.717, 1.165) is 36.1 Å². The molecule has 3 unspecified atom stereocenters. The van der Waals surface area contributed by atoms with Gasteiger partial charge in [0.15, 0.2) is 11.5 Å². The first kappa shape index (κ1) is 25.3. The zero-order chi connectivity index (χ0) is 25.6. The molecule has 0 bridgehead atoms. The molecule has 0 spiro atoms. The van der Waals surface area contributed by atoms with E-state index in [1.54, 1.807) is 14.2 Å². The molecule has 6 nitrogen and oxygen atoms in total. The number of ether oxygens (including phenoxy) is 3. The summed E-state index contributed by atoms with van der Waals surface area (Å²) in [6.45, 7) is 1.35. The van der Waals surface area contributed by atoms with Gasteiger partial charge in [0.2, 0.25) is 0 Å². The van der Waals surface area contributed by atoms with Crippen molar-refractivity contribution in [1.82, 2.24) is 10.3 Å². The van der Waals surface area contributed by atoms with Crippen molar-refractivity contribution in [3.05, 3.63) is 95.2 Å². The molecular formula is C31H36N2O4. The summed E-state index contributed by atoms with van der Waals surface area (Å²) >= 11 is 0. The minimum atomic E-state index is -0.607. The maximum Gasteiger partial charge on any atom is 0.164 e. The highest BCUT2D eigenvalue weighted by molar-refractivity contribution is 5.84. The van der Waals surface area contributed by atoms with Crippen LogP contribution in [0.15, 0.2) is 72.9 Å². The number of benzene rings is 3. The topological polar surface area (TPSA) is 75.7 Å². The number of para-hydroxylation sites is 2. The van der Waals surface area contributed by atoms with Gasteiger partial charge in [-0.3, -0.25) is 0 Å². The normalized spacial score (nSPS) is 16.8. The van der Waals surface area contributed by atoms with Crippen LogP contribution in [-0.2, 0) is 11.2 Å². The van der Waals surface area contributed by atoms with E-state index >= 15 is 0 Å². The standard InChI is InChI=1S/C31H36N2O4/c1-35-30-16-8-13-25(31(30)36-2)26(27-19-33-28-14-6-5-12-24(27)28)18-32-17-22(34)20-37-29-15-7-10-21-9-3-4-11-23(21)29/h3-6,8-9,11-14,16,19,22,26,29,32-34H,7,10,15,17-18,20H2,1-2H3. The molecule has 1 aliphatic rings. The molecule has 37 heavy (non-hydrogen) atoms. The Morgan fingerprint density at radius 1 is 0.946 bits per heavy atom. The second-order valence-electron chi connectivity index (χ2n) is 9.65. The van der Waals surface area contributed by atoms with Crippen molar-refractivity contribution in [2.45, 2.75) is 37.4 Å². The summed E-state index contributed by atoms with van der Waals surface area (Å²) in [7, 11) is 3.33. The second-order valence-corrected chi connectivity index (χ2v) is 9.65. The van der Waals surface area contributed by atoms with Crippen LogP contribution in [0.25, 0.3) is 10.9 Å². The smallest absolute Gasteiger partial charge is 0.164 e. The van der Waals surface area contributed by atoms with Gasteiger partial charge < -0.3 is 29.6 Å². The molecule has 1 aromatic heterocycles. The highest BCUT2D eigenvalue weighted by Crippen LogP contribution is 2.40. The maximum absolute atomic E-state index is 10.8. The number of aromatic nitrogens is 1. The summed E-state index contributed by atoms with van der Waals surface area (Å²) in [5.41, 5.74) is 5.91. The van der Waals surface area contributed by atoms with Gasteiger partial charge in [0.25, 0.3) is 0 Å². The summed E-state index contributed by atoms with van der Waals surface area (Å²) in [5, 5.41) is 15.4. The predicted octanol–water partition coefficient (Wildman–Crippen LogP) is 5.36. The molecule has 3 N–H and O–H groups in total. The average molecular weight is 501 g/mol. The van der Waals surface area contributed by atoms with E-state index in [1.165, 1.54) is 22.1 Å². The van der Waals surface area contributed by atoms with E-state index in [0.29, 0.717) is 25.4 Å². The largest absolute Gasteiger partial charge is 0.493 e. The molecular weight excluding hydrogens is 464 g/mol. The van der Waals surface area contributed by atoms with Crippen LogP contribution < -0.4 is 14.8 Å². The molecule has 3 atom stereocenters. The summed E-state index contributed by atoms with van der Waals surface area (Å²) in [5.74, 6) is 1.41. The van der Waals surface area contributed by atoms with Gasteiger partial charge in [-0.1, -0.05) is 54.6 Å². The first-order valence-electron chi connectivity index (χ1n) is 13.0. The molecule has 0 saturated carbocycles. The number of nitrogens with one attached hydrogen (secondary N) is 2. The van der Waals surface area contributed by atoms with Crippen LogP contribution in [0.1, 0.15) is 47.1 Å². The minimum absolute atomic E-state index is 0.0143. The molecule has 0 fully saturated rings. The molecule has 6 heteroatoms. The molecule has 0 radical (unpaired) electrons. The van der Waals surface area contributed by atoms with Crippen molar-refractivity contribution in [3.63, 3.8) is 0 Å². The number of aryl methyl sites for hydroxylation is 1. The number of H-pyrrole nitrogens is 1. The number of hydrogen-bond acceptors (Lipinski definition) is 5. The highest BCUT2D eigenvalue weighted by atomic mass is 16.5. The Morgan fingerprint density at radius 3 is 2.65 bits per heavy atom. The quantitative estimate of drug-likeness (QED) is 0.258. The zero-order valence-corrected chi connectivity index (χ0v) is 21.6. The average Bonchev–Trinajstić information content (AvgIpc) is 3.37. The third-order valence-electron chi connectivity index (χ3n) is 7.34. The van der Waals surface area contributed by atoms with Crippen LogP contribution in [0.3, 0.4) is 0 Å². The maximum atomic E-state index is 10.8. The molecule has 1 aliphatic carbocycles. The van der Waals surface area contributed by atoms with Crippen LogP contribution in [0.2, 0.25) is 0 Å². The fraction of sp³-hybridized carbons (Fsp3) is 0.355. The van der Waals surface area contributed by atoms with Crippen LogP contribution in [0.5, 0.6) is 11.5 Å². The lowest BCUT2D eigenvalue weighted by atomic mass is 9.89. The first-order valence-corrected chi connectivity index (χ1v) is 13.0. The van der Waals surface area contributed by atoms with Gasteiger partial charge in [-0.15, -0.1) is 0 Å². The number of aliphatic hydroxyl groups excluding tert-OH is 1. The van der Waals surface area contributed by atoms with Gasteiger partial charge in [0, 0.05) is 41.7 Å². The fourth-order valence-electron chi connectivity index (χ4n) is 5.52. The molecule has 0 amide bonds. The molecule has 4 aromatic rings. The predicted molar refractivity (Wildman–Crippen MR) is 147 cm³/mol. The second kappa shape index (κ2) is 11.8. The lowest BCUT2D eigenvalue weighted by molar-refractivity contribution is -0.0166. The first-order chi connectivity index (χ1) is 18.2. The van der Waals surface area contributed by atoms with Gasteiger partial charge in [0.05, 0.1) is 33.0 Å². The van der Waals surface area contributed by atoms with E-state index in [9.17, 15) is 5.11 Å². The summed E-state index contributed by atoms with van der Waals surface area (Å²) in [4.78, 5) is 3.40. The van der Waals surface area contributed by atoms with E-state index in [1.807, 2.05) is 18.2 Å². The number of fused-ring (bicyclic) bond motifs is 2. The summed E-state index contributed by atoms with van der Waals surface area (Å²) in [6.07, 6.45) is 4.73. The van der Waals surface area contributed by atoms with Crippen molar-refractivity contribution < 1.29 is 19.3 Å². The number of methoxy groups -OCH3 is 2. The minimum Gasteiger partial charge on any atom is -0.493 e. The van der Waals surface area contributed by atoms with Gasteiger partial charge >= 0.3 is 0 Å². The van der Waals surface area contributed by atoms with Gasteiger partial charge in [-0.25, -0.2) is 0 Å². The van der Waals surface area contributed by atoms with Crippen LogP contribution in [-0.4, -0.2) is 50.1 Å². The Morgan fingerprint density at radius 2 is 1.78 bits per heavy atom. The molecule has 0 saturated heterocycles. The highest BCUT2D eigenvalue weighted by Gasteiger charge is 2.24. The Kier molecular flexibility index (Phi) is 8.09. The van der Waals surface area contributed by atoms with E-state index < -0.39 is 6.10 Å². The third kappa shape index (κ3) is 5.52. The summed E-state index contributed by atoms with van der Waals surface area (Å²) < 4.78 is 17.5. The van der Waals surface area contributed by atoms with Gasteiger partial charge in [0.1, 0.15) is 0 Å². The molecule has 0 aliphatic heterocycles. The molecule has 3 aromatic carbocycles. The van der Waals surface area contributed by atoms with Crippen molar-refractivity contribution in [2.75, 3.05) is 33.9 Å². The summed E-state index contributed by atoms with van der Waals surface area (Å²) in [6, 6.07) is 22.8. The SMILES string of the molecule is COc1cccc(C(CNCC(O)COC2CCCc3ccccc32)c2c[nH]c3ccccc23)c1OC. The van der Waals surface area contributed by atoms with Crippen molar-refractivity contribution in [3.8, 4) is 11.5 Å². The van der Waals surface area contributed by atoms with E-state index in [-0.39, 0.29) is 12.0 Å². The van der Waals surface area contributed by atoms with E-state index in [4.69, 9.17) is 14.2 Å². The van der Waals surface area contributed by atoms with Crippen molar-refractivity contribution >= 4 is 10.9 Å². The molecule has 194 valence electrons. The Balaban J connectivity index is 1.29. The number of rotatable bonds is 11. The van der Waals surface area contributed by atoms with Gasteiger partial charge in [-0.05, 0) is 48.1 Å². The van der Waals surface area contributed by atoms with E-state index in [2.05, 4.69) is 65.0 Å². The van der Waals surface area contributed by atoms with Gasteiger partial charge in [-0.2, -0.15) is 0 Å². The Labute approximate surface area is 218 Å². The van der Waals surface area contributed by atoms with Crippen LogP contribution in [0, 0.1) is 0 Å². The zero-order valence-electron chi connectivity index (χ0n) is 21.6. The molecule has 1 heterocycles. The Hall–Kier alpha value is -3.32. The van der Waals surface area contributed by atoms with Crippen molar-refractivity contribution in [1.29, 1.82) is 0 Å². The monoisotopic (exact) mass is 500 g/mol. The van der Waals surface area contributed by atoms with Crippen LogP contribution in [0.4, 0.5) is 0 Å². The molecule has 5 rings (SSSR count). The Bertz CT molecular complexity index is 1320. The van der Waals surface area contributed by atoms with Crippen LogP contribution >= 0.6 is 0 Å². The lowest BCUT2D eigenvalue weighted by Gasteiger charge is -2.27. The number of hydrogen-bond donors (Lipinski definition) is 3. The number of aliphatic hydroxyl groups is 1. The van der Waals surface area contributed by atoms with Crippen molar-refractivity contribution in [2.24, 2.45) is 0 Å². The fourth-order valence-corrected chi connectivity index (χ4v) is 5.52. The lowest BCUT2D eigenvalue weighted by Crippen LogP contribution is -2.34. The third-order valence-corrected chi connectivity index (χ3v) is 7.34.